The number of aryl methyl sites for hydroxylation is 1. The number of hydrogen-bond acceptors (Lipinski definition) is 4. The monoisotopic (exact) mass is 424 g/mol. The number of nitrogens with zero attached hydrogens (tertiary/aromatic N) is 2. The number of hydrogen-bond donors (Lipinski definition) is 0. The minimum atomic E-state index is -0.384. The minimum Gasteiger partial charge on any atom is -0.496 e. The fraction of sp³-hybridized carbons (Fsp3) is 0.333. The molecular weight excluding hydrogens is 399 g/mol. The molecule has 4 rings (SSSR count). The first-order valence-corrected chi connectivity index (χ1v) is 11.1. The molecule has 30 heavy (non-hydrogen) atoms. The summed E-state index contributed by atoms with van der Waals surface area (Å²) in [5.74, 6) is 0.383. The van der Waals surface area contributed by atoms with Crippen molar-refractivity contribution in [3.63, 3.8) is 0 Å². The lowest BCUT2D eigenvalue weighted by atomic mass is 9.94. The Bertz CT molecular complexity index is 1010. The van der Waals surface area contributed by atoms with Gasteiger partial charge in [-0.05, 0) is 73.0 Å². The third-order valence-electron chi connectivity index (χ3n) is 5.56. The maximum atomic E-state index is 14.2. The van der Waals surface area contributed by atoms with Gasteiger partial charge >= 0.3 is 0 Å². The molecule has 2 aliphatic rings. The number of para-hydroxylation sites is 1. The van der Waals surface area contributed by atoms with Gasteiger partial charge in [-0.15, -0.1) is 0 Å². The number of rotatable bonds is 4. The predicted octanol–water partition coefficient (Wildman–Crippen LogP) is 6.08. The topological polar surface area (TPSA) is 41.9 Å². The number of benzene rings is 2. The first-order valence-electron chi connectivity index (χ1n) is 10.3. The molecule has 156 valence electrons. The average Bonchev–Trinajstić information content (AvgIpc) is 3.05. The molecule has 2 aromatic carbocycles. The zero-order valence-electron chi connectivity index (χ0n) is 17.2. The molecule has 0 radical (unpaired) electrons. The Labute approximate surface area is 180 Å². The van der Waals surface area contributed by atoms with Crippen molar-refractivity contribution in [2.75, 3.05) is 7.11 Å². The second-order valence-corrected chi connectivity index (χ2v) is 8.66. The van der Waals surface area contributed by atoms with Crippen LogP contribution in [0.15, 0.2) is 52.4 Å². The van der Waals surface area contributed by atoms with E-state index in [9.17, 15) is 9.18 Å². The normalized spacial score (nSPS) is 20.4. The molecule has 1 aliphatic carbocycles. The number of amidine groups is 1. The molecule has 1 saturated carbocycles. The summed E-state index contributed by atoms with van der Waals surface area (Å²) in [5, 5.41) is 0.563. The van der Waals surface area contributed by atoms with Gasteiger partial charge in [-0.1, -0.05) is 37.5 Å². The molecule has 1 amide bonds. The number of methoxy groups -OCH3 is 1. The first-order chi connectivity index (χ1) is 14.6. The summed E-state index contributed by atoms with van der Waals surface area (Å²) in [6.45, 7) is 1.98. The Hall–Kier alpha value is -2.60. The molecule has 2 aromatic rings. The standard InChI is InChI=1S/C24H25FN2O2S/c1-16-14-17(12-13-21(16)29-2)15-22-23(28)27(18-8-4-3-5-9-18)24(30-22)26-20-11-7-6-10-19(20)25/h6-7,10-15,18H,3-5,8-9H2,1-2H3/b22-15-,26-24?. The molecule has 1 saturated heterocycles. The molecule has 1 heterocycles. The van der Waals surface area contributed by atoms with Crippen molar-refractivity contribution >= 4 is 34.6 Å². The lowest BCUT2D eigenvalue weighted by Crippen LogP contribution is -2.40. The maximum absolute atomic E-state index is 14.2. The highest BCUT2D eigenvalue weighted by molar-refractivity contribution is 8.18. The van der Waals surface area contributed by atoms with Gasteiger partial charge < -0.3 is 4.74 Å². The zero-order chi connectivity index (χ0) is 21.1. The van der Waals surface area contributed by atoms with Crippen LogP contribution in [-0.2, 0) is 4.79 Å². The third-order valence-corrected chi connectivity index (χ3v) is 6.54. The molecule has 0 N–H and O–H groups in total. The number of thioether (sulfide) groups is 1. The van der Waals surface area contributed by atoms with Gasteiger partial charge in [-0.2, -0.15) is 0 Å². The summed E-state index contributed by atoms with van der Waals surface area (Å²) < 4.78 is 19.5. The van der Waals surface area contributed by atoms with Gasteiger partial charge in [0, 0.05) is 6.04 Å². The van der Waals surface area contributed by atoms with Gasteiger partial charge in [0.05, 0.1) is 12.0 Å². The van der Waals surface area contributed by atoms with E-state index in [1.165, 1.54) is 24.2 Å². The van der Waals surface area contributed by atoms with Crippen molar-refractivity contribution in [1.29, 1.82) is 0 Å². The number of halogens is 1. The van der Waals surface area contributed by atoms with Gasteiger partial charge in [0.2, 0.25) is 0 Å². The van der Waals surface area contributed by atoms with Crippen molar-refractivity contribution in [1.82, 2.24) is 4.90 Å². The second-order valence-electron chi connectivity index (χ2n) is 7.65. The summed E-state index contributed by atoms with van der Waals surface area (Å²) in [4.78, 5) is 20.3. The van der Waals surface area contributed by atoms with E-state index in [1.807, 2.05) is 31.2 Å². The molecule has 0 atom stereocenters. The van der Waals surface area contributed by atoms with Crippen LogP contribution in [0.25, 0.3) is 6.08 Å². The molecule has 0 spiro atoms. The Balaban J connectivity index is 1.71. The number of aliphatic imine (C=N–C) groups is 1. The van der Waals surface area contributed by atoms with Crippen LogP contribution in [0.2, 0.25) is 0 Å². The van der Waals surface area contributed by atoms with Gasteiger partial charge in [-0.3, -0.25) is 9.69 Å². The van der Waals surface area contributed by atoms with Gasteiger partial charge in [0.1, 0.15) is 17.3 Å². The maximum Gasteiger partial charge on any atom is 0.267 e. The largest absolute Gasteiger partial charge is 0.496 e. The van der Waals surface area contributed by atoms with Crippen LogP contribution in [0.4, 0.5) is 10.1 Å². The van der Waals surface area contributed by atoms with Crippen molar-refractivity contribution < 1.29 is 13.9 Å². The summed E-state index contributed by atoms with van der Waals surface area (Å²) in [6, 6.07) is 12.4. The van der Waals surface area contributed by atoms with Gasteiger partial charge in [0.15, 0.2) is 5.17 Å². The van der Waals surface area contributed by atoms with Crippen LogP contribution in [0.3, 0.4) is 0 Å². The smallest absolute Gasteiger partial charge is 0.267 e. The fourth-order valence-electron chi connectivity index (χ4n) is 4.01. The summed E-state index contributed by atoms with van der Waals surface area (Å²) in [6.07, 6.45) is 7.19. The van der Waals surface area contributed by atoms with Crippen LogP contribution in [0.5, 0.6) is 5.75 Å². The molecule has 0 bridgehead atoms. The van der Waals surface area contributed by atoms with Gasteiger partial charge in [0.25, 0.3) is 5.91 Å². The van der Waals surface area contributed by atoms with E-state index in [0.717, 1.165) is 42.6 Å². The summed E-state index contributed by atoms with van der Waals surface area (Å²) in [5.41, 5.74) is 2.20. The molecule has 1 aliphatic heterocycles. The van der Waals surface area contributed by atoms with Gasteiger partial charge in [-0.25, -0.2) is 9.38 Å². The SMILES string of the molecule is COc1ccc(/C=C2\SC(=Nc3ccccc3F)N(C3CCCCC3)C2=O)cc1C. The Morgan fingerprint density at radius 3 is 2.63 bits per heavy atom. The number of amides is 1. The van der Waals surface area contributed by atoms with E-state index in [1.54, 1.807) is 30.2 Å². The number of carbonyl (C=O) groups excluding carboxylic acids is 1. The predicted molar refractivity (Wildman–Crippen MR) is 121 cm³/mol. The zero-order valence-corrected chi connectivity index (χ0v) is 18.0. The minimum absolute atomic E-state index is 0.0459. The van der Waals surface area contributed by atoms with E-state index in [-0.39, 0.29) is 23.5 Å². The van der Waals surface area contributed by atoms with E-state index < -0.39 is 0 Å². The molecule has 4 nitrogen and oxygen atoms in total. The van der Waals surface area contributed by atoms with Crippen molar-refractivity contribution in [3.05, 3.63) is 64.3 Å². The van der Waals surface area contributed by atoms with Crippen molar-refractivity contribution in [3.8, 4) is 5.75 Å². The molecule has 6 heteroatoms. The van der Waals surface area contributed by atoms with Crippen LogP contribution in [0.1, 0.15) is 43.2 Å². The molecular formula is C24H25FN2O2S. The highest BCUT2D eigenvalue weighted by Crippen LogP contribution is 2.39. The summed E-state index contributed by atoms with van der Waals surface area (Å²) >= 11 is 1.32. The Morgan fingerprint density at radius 1 is 1.17 bits per heavy atom. The van der Waals surface area contributed by atoms with Crippen molar-refractivity contribution in [2.24, 2.45) is 4.99 Å². The first kappa shape index (κ1) is 20.7. The van der Waals surface area contributed by atoms with E-state index in [2.05, 4.69) is 4.99 Å². The van der Waals surface area contributed by atoms with Crippen molar-refractivity contribution in [2.45, 2.75) is 45.1 Å². The summed E-state index contributed by atoms with van der Waals surface area (Å²) in [7, 11) is 1.64. The highest BCUT2D eigenvalue weighted by atomic mass is 32.2. The van der Waals surface area contributed by atoms with Crippen LogP contribution in [0, 0.1) is 12.7 Å². The second kappa shape index (κ2) is 9.04. The van der Waals surface area contributed by atoms with E-state index in [4.69, 9.17) is 4.74 Å². The lowest BCUT2D eigenvalue weighted by Gasteiger charge is -2.30. The Kier molecular flexibility index (Phi) is 6.23. The molecule has 0 aromatic heterocycles. The molecule has 0 unspecified atom stereocenters. The molecule has 2 fully saturated rings. The Morgan fingerprint density at radius 2 is 1.93 bits per heavy atom. The quantitative estimate of drug-likeness (QED) is 0.559. The third kappa shape index (κ3) is 4.29. The van der Waals surface area contributed by atoms with Crippen LogP contribution in [-0.4, -0.2) is 29.1 Å². The fourth-order valence-corrected chi connectivity index (χ4v) is 5.07. The number of ether oxygens (including phenoxy) is 1. The van der Waals surface area contributed by atoms with E-state index >= 15 is 0 Å². The van der Waals surface area contributed by atoms with Crippen LogP contribution >= 0.6 is 11.8 Å². The highest BCUT2D eigenvalue weighted by Gasteiger charge is 2.38. The lowest BCUT2D eigenvalue weighted by molar-refractivity contribution is -0.124. The van der Waals surface area contributed by atoms with E-state index in [0.29, 0.717) is 10.1 Å². The number of carbonyl (C=O) groups is 1. The van der Waals surface area contributed by atoms with Crippen LogP contribution < -0.4 is 4.74 Å². The average molecular weight is 425 g/mol.